The van der Waals surface area contributed by atoms with Crippen molar-refractivity contribution in [1.29, 1.82) is 0 Å². The number of piperazine rings is 1. The van der Waals surface area contributed by atoms with E-state index in [0.717, 1.165) is 0 Å². The second kappa shape index (κ2) is 9.53. The van der Waals surface area contributed by atoms with Gasteiger partial charge in [0.05, 0.1) is 4.90 Å². The summed E-state index contributed by atoms with van der Waals surface area (Å²) >= 11 is 0. The Balaban J connectivity index is 1.41. The van der Waals surface area contributed by atoms with Crippen LogP contribution in [0.15, 0.2) is 65.6 Å². The maximum atomic E-state index is 12.6. The molecule has 29 heavy (non-hydrogen) atoms. The largest absolute Gasteiger partial charge is 0.340 e. The fourth-order valence-corrected chi connectivity index (χ4v) is 4.50. The number of carbonyl (C=O) groups is 2. The van der Waals surface area contributed by atoms with Crippen molar-refractivity contribution in [3.63, 3.8) is 0 Å². The molecule has 2 aromatic rings. The molecule has 1 aliphatic heterocycles. The Morgan fingerprint density at radius 1 is 0.862 bits per heavy atom. The third-order valence-corrected chi connectivity index (χ3v) is 6.54. The molecule has 0 aliphatic carbocycles. The molecule has 0 atom stereocenters. The molecule has 154 valence electrons. The maximum Gasteiger partial charge on any atom is 0.319 e. The lowest BCUT2D eigenvalue weighted by molar-refractivity contribution is -0.132. The molecular formula is C20H24N4O4S. The Labute approximate surface area is 170 Å². The molecule has 1 heterocycles. The Hall–Kier alpha value is -2.91. The Morgan fingerprint density at radius 2 is 1.45 bits per heavy atom. The van der Waals surface area contributed by atoms with E-state index in [4.69, 9.17) is 0 Å². The highest BCUT2D eigenvalue weighted by Crippen LogP contribution is 2.17. The molecule has 0 spiro atoms. The number of sulfonamides is 1. The minimum atomic E-state index is -3.54. The van der Waals surface area contributed by atoms with E-state index in [1.807, 2.05) is 18.2 Å². The average Bonchev–Trinajstić information content (AvgIpc) is 2.75. The fourth-order valence-electron chi connectivity index (χ4n) is 3.06. The van der Waals surface area contributed by atoms with Crippen LogP contribution in [0.1, 0.15) is 6.42 Å². The van der Waals surface area contributed by atoms with Gasteiger partial charge in [0.1, 0.15) is 0 Å². The third kappa shape index (κ3) is 5.55. The van der Waals surface area contributed by atoms with Crippen LogP contribution in [0.4, 0.5) is 10.5 Å². The number of benzene rings is 2. The molecule has 8 nitrogen and oxygen atoms in total. The van der Waals surface area contributed by atoms with Gasteiger partial charge in [0, 0.05) is 44.8 Å². The minimum absolute atomic E-state index is 0.109. The number of nitrogens with one attached hydrogen (secondary N) is 2. The molecule has 3 rings (SSSR count). The van der Waals surface area contributed by atoms with Crippen LogP contribution in [-0.2, 0) is 14.8 Å². The molecular weight excluding hydrogens is 392 g/mol. The number of hydrogen-bond donors (Lipinski definition) is 2. The fraction of sp³-hybridized carbons (Fsp3) is 0.300. The predicted octanol–water partition coefficient (Wildman–Crippen LogP) is 1.73. The Bertz CT molecular complexity index is 927. The van der Waals surface area contributed by atoms with Crippen LogP contribution in [0.5, 0.6) is 0 Å². The lowest BCUT2D eigenvalue weighted by atomic mass is 10.3. The molecule has 0 unspecified atom stereocenters. The number of hydrogen-bond acceptors (Lipinski definition) is 4. The van der Waals surface area contributed by atoms with Gasteiger partial charge >= 0.3 is 6.03 Å². The van der Waals surface area contributed by atoms with Gasteiger partial charge < -0.3 is 15.5 Å². The molecule has 2 N–H and O–H groups in total. The van der Waals surface area contributed by atoms with Gasteiger partial charge in [-0.25, -0.2) is 13.2 Å². The molecule has 3 amide bonds. The molecule has 0 radical (unpaired) electrons. The quantitative estimate of drug-likeness (QED) is 0.749. The first-order valence-electron chi connectivity index (χ1n) is 9.40. The zero-order chi connectivity index (χ0) is 20.7. The SMILES string of the molecule is O=C(NCCC(=O)N1CCN(S(=O)(=O)c2ccccc2)CC1)Nc1ccccc1. The molecule has 0 aromatic heterocycles. The van der Waals surface area contributed by atoms with Crippen LogP contribution in [0, 0.1) is 0 Å². The Morgan fingerprint density at radius 3 is 2.07 bits per heavy atom. The van der Waals surface area contributed by atoms with Gasteiger partial charge in [-0.2, -0.15) is 4.31 Å². The zero-order valence-electron chi connectivity index (χ0n) is 16.0. The van der Waals surface area contributed by atoms with Crippen molar-refractivity contribution in [3.05, 3.63) is 60.7 Å². The van der Waals surface area contributed by atoms with Crippen LogP contribution < -0.4 is 10.6 Å². The number of amides is 3. The first-order chi connectivity index (χ1) is 14.0. The summed E-state index contributed by atoms with van der Waals surface area (Å²) in [6.07, 6.45) is 0.160. The normalized spacial score (nSPS) is 15.0. The second-order valence-corrected chi connectivity index (χ2v) is 8.53. The van der Waals surface area contributed by atoms with Crippen LogP contribution >= 0.6 is 0 Å². The lowest BCUT2D eigenvalue weighted by Crippen LogP contribution is -2.50. The highest BCUT2D eigenvalue weighted by Gasteiger charge is 2.29. The first kappa shape index (κ1) is 20.8. The van der Waals surface area contributed by atoms with Crippen molar-refractivity contribution < 1.29 is 18.0 Å². The number of carbonyl (C=O) groups excluding carboxylic acids is 2. The summed E-state index contributed by atoms with van der Waals surface area (Å²) in [5.41, 5.74) is 0.673. The average molecular weight is 417 g/mol. The predicted molar refractivity (Wildman–Crippen MR) is 110 cm³/mol. The zero-order valence-corrected chi connectivity index (χ0v) is 16.8. The van der Waals surface area contributed by atoms with Gasteiger partial charge in [0.2, 0.25) is 15.9 Å². The van der Waals surface area contributed by atoms with Crippen LogP contribution in [0.3, 0.4) is 0 Å². The molecule has 2 aromatic carbocycles. The second-order valence-electron chi connectivity index (χ2n) is 6.59. The topological polar surface area (TPSA) is 98.8 Å². The van der Waals surface area contributed by atoms with Gasteiger partial charge in [0.15, 0.2) is 0 Å². The standard InChI is InChI=1S/C20H24N4O4S/c25-19(11-12-21-20(26)22-17-7-3-1-4-8-17)23-13-15-24(16-14-23)29(27,28)18-9-5-2-6-10-18/h1-10H,11-16H2,(H2,21,22,26). The van der Waals surface area contributed by atoms with Crippen LogP contribution in [-0.4, -0.2) is 62.3 Å². The summed E-state index contributed by atoms with van der Waals surface area (Å²) in [5.74, 6) is -0.109. The van der Waals surface area contributed by atoms with E-state index in [1.54, 1.807) is 47.4 Å². The van der Waals surface area contributed by atoms with E-state index in [9.17, 15) is 18.0 Å². The molecule has 9 heteroatoms. The van der Waals surface area contributed by atoms with Gasteiger partial charge in [-0.15, -0.1) is 0 Å². The van der Waals surface area contributed by atoms with E-state index in [2.05, 4.69) is 10.6 Å². The van der Waals surface area contributed by atoms with Gasteiger partial charge in [-0.05, 0) is 24.3 Å². The van der Waals surface area contributed by atoms with E-state index in [-0.39, 0.29) is 42.9 Å². The monoisotopic (exact) mass is 416 g/mol. The van der Waals surface area contributed by atoms with E-state index in [1.165, 1.54) is 4.31 Å². The first-order valence-corrected chi connectivity index (χ1v) is 10.8. The van der Waals surface area contributed by atoms with Gasteiger partial charge in [-0.1, -0.05) is 36.4 Å². The van der Waals surface area contributed by atoms with E-state index < -0.39 is 10.0 Å². The summed E-state index contributed by atoms with van der Waals surface area (Å²) in [5, 5.41) is 5.34. The third-order valence-electron chi connectivity index (χ3n) is 4.63. The summed E-state index contributed by atoms with van der Waals surface area (Å²) < 4.78 is 26.7. The lowest BCUT2D eigenvalue weighted by Gasteiger charge is -2.34. The summed E-state index contributed by atoms with van der Waals surface area (Å²) in [6.45, 7) is 1.39. The van der Waals surface area contributed by atoms with Crippen molar-refractivity contribution in [1.82, 2.24) is 14.5 Å². The van der Waals surface area contributed by atoms with E-state index in [0.29, 0.717) is 18.8 Å². The number of para-hydroxylation sites is 1. The molecule has 0 bridgehead atoms. The molecule has 1 aliphatic rings. The van der Waals surface area contributed by atoms with Gasteiger partial charge in [0.25, 0.3) is 0 Å². The summed E-state index contributed by atoms with van der Waals surface area (Å²) in [6, 6.07) is 16.9. The van der Waals surface area contributed by atoms with Crippen LogP contribution in [0.25, 0.3) is 0 Å². The van der Waals surface area contributed by atoms with Crippen LogP contribution in [0.2, 0.25) is 0 Å². The smallest absolute Gasteiger partial charge is 0.319 e. The Kier molecular flexibility index (Phi) is 6.84. The summed E-state index contributed by atoms with van der Waals surface area (Å²) in [7, 11) is -3.54. The molecule has 0 saturated carbocycles. The maximum absolute atomic E-state index is 12.6. The van der Waals surface area contributed by atoms with Crippen molar-refractivity contribution in [2.45, 2.75) is 11.3 Å². The molecule has 1 saturated heterocycles. The number of nitrogens with zero attached hydrogens (tertiary/aromatic N) is 2. The highest BCUT2D eigenvalue weighted by molar-refractivity contribution is 7.89. The van der Waals surface area contributed by atoms with Gasteiger partial charge in [-0.3, -0.25) is 4.79 Å². The van der Waals surface area contributed by atoms with Crippen molar-refractivity contribution >= 4 is 27.6 Å². The van der Waals surface area contributed by atoms with E-state index >= 15 is 0 Å². The van der Waals surface area contributed by atoms with Crippen molar-refractivity contribution in [2.75, 3.05) is 38.0 Å². The highest BCUT2D eigenvalue weighted by atomic mass is 32.2. The van der Waals surface area contributed by atoms with Crippen molar-refractivity contribution in [3.8, 4) is 0 Å². The number of urea groups is 1. The van der Waals surface area contributed by atoms with Crippen molar-refractivity contribution in [2.24, 2.45) is 0 Å². The number of rotatable bonds is 6. The molecule has 1 fully saturated rings. The number of anilines is 1. The summed E-state index contributed by atoms with van der Waals surface area (Å²) in [4.78, 5) is 26.1. The minimum Gasteiger partial charge on any atom is -0.340 e.